The lowest BCUT2D eigenvalue weighted by atomic mass is 9.99. The largest absolute Gasteiger partial charge is 0.394 e. The lowest BCUT2D eigenvalue weighted by Crippen LogP contribution is -2.41. The minimum Gasteiger partial charge on any atom is -0.394 e. The Labute approximate surface area is 101 Å². The monoisotopic (exact) mass is 233 g/mol. The number of nitrogen functional groups attached to an aromatic ring is 1. The van der Waals surface area contributed by atoms with E-state index < -0.39 is 0 Å². The van der Waals surface area contributed by atoms with E-state index in [1.54, 1.807) is 12.5 Å². The molecule has 0 amide bonds. The summed E-state index contributed by atoms with van der Waals surface area (Å²) in [5, 5.41) is 3.49. The fourth-order valence-electron chi connectivity index (χ4n) is 3.05. The number of hydrogen-bond acceptors (Lipinski definition) is 5. The molecule has 2 fully saturated rings. The van der Waals surface area contributed by atoms with E-state index in [1.807, 2.05) is 0 Å². The highest BCUT2D eigenvalue weighted by molar-refractivity contribution is 5.59. The van der Waals surface area contributed by atoms with Gasteiger partial charge in [0.05, 0.1) is 11.9 Å². The SMILES string of the molecule is Nc1cncnc1NC1CCN2CCCCC12. The van der Waals surface area contributed by atoms with Crippen molar-refractivity contribution in [2.75, 3.05) is 24.1 Å². The van der Waals surface area contributed by atoms with Crippen LogP contribution in [0.4, 0.5) is 11.5 Å². The normalized spacial score (nSPS) is 28.9. The Balaban J connectivity index is 1.71. The Bertz CT molecular complexity index is 394. The number of nitrogens with one attached hydrogen (secondary N) is 1. The van der Waals surface area contributed by atoms with Gasteiger partial charge in [-0.3, -0.25) is 4.90 Å². The lowest BCUT2D eigenvalue weighted by molar-refractivity contribution is 0.192. The van der Waals surface area contributed by atoms with E-state index in [4.69, 9.17) is 5.73 Å². The van der Waals surface area contributed by atoms with Crippen molar-refractivity contribution in [3.63, 3.8) is 0 Å². The molecule has 0 bridgehead atoms. The third-order valence-electron chi connectivity index (χ3n) is 3.92. The molecule has 17 heavy (non-hydrogen) atoms. The molecule has 5 nitrogen and oxygen atoms in total. The van der Waals surface area contributed by atoms with E-state index >= 15 is 0 Å². The van der Waals surface area contributed by atoms with Crippen molar-refractivity contribution in [3.8, 4) is 0 Å². The fourth-order valence-corrected chi connectivity index (χ4v) is 3.05. The summed E-state index contributed by atoms with van der Waals surface area (Å²) in [6.07, 6.45) is 8.38. The van der Waals surface area contributed by atoms with Gasteiger partial charge in [0.15, 0.2) is 5.82 Å². The zero-order valence-corrected chi connectivity index (χ0v) is 9.97. The van der Waals surface area contributed by atoms with Gasteiger partial charge in [-0.15, -0.1) is 0 Å². The number of nitrogens with two attached hydrogens (primary N) is 1. The number of anilines is 2. The molecular weight excluding hydrogens is 214 g/mol. The second kappa shape index (κ2) is 4.49. The molecular formula is C12H19N5. The third-order valence-corrected chi connectivity index (χ3v) is 3.92. The summed E-state index contributed by atoms with van der Waals surface area (Å²) in [6.45, 7) is 2.45. The number of piperidine rings is 1. The molecule has 2 aliphatic rings. The number of rotatable bonds is 2. The first-order chi connectivity index (χ1) is 8.34. The number of hydrogen-bond donors (Lipinski definition) is 2. The number of nitrogens with zero attached hydrogens (tertiary/aromatic N) is 3. The quantitative estimate of drug-likeness (QED) is 0.800. The highest BCUT2D eigenvalue weighted by atomic mass is 15.2. The zero-order valence-electron chi connectivity index (χ0n) is 9.97. The molecule has 92 valence electrons. The Morgan fingerprint density at radius 2 is 2.24 bits per heavy atom. The van der Waals surface area contributed by atoms with E-state index in [9.17, 15) is 0 Å². The highest BCUT2D eigenvalue weighted by Gasteiger charge is 2.35. The van der Waals surface area contributed by atoms with Crippen molar-refractivity contribution in [1.82, 2.24) is 14.9 Å². The van der Waals surface area contributed by atoms with Gasteiger partial charge in [0.25, 0.3) is 0 Å². The van der Waals surface area contributed by atoms with Gasteiger partial charge < -0.3 is 11.1 Å². The standard InChI is InChI=1S/C12H19N5/c13-9-7-14-8-15-12(9)16-10-4-6-17-5-2-1-3-11(10)17/h7-8,10-11H,1-6,13H2,(H,14,15,16). The van der Waals surface area contributed by atoms with Crippen LogP contribution < -0.4 is 11.1 Å². The van der Waals surface area contributed by atoms with Crippen LogP contribution in [0.1, 0.15) is 25.7 Å². The van der Waals surface area contributed by atoms with Crippen LogP contribution in [0.15, 0.2) is 12.5 Å². The van der Waals surface area contributed by atoms with Crippen LogP contribution in [0.5, 0.6) is 0 Å². The Morgan fingerprint density at radius 3 is 3.12 bits per heavy atom. The third kappa shape index (κ3) is 2.07. The summed E-state index contributed by atoms with van der Waals surface area (Å²) in [4.78, 5) is 10.7. The molecule has 0 aromatic carbocycles. The van der Waals surface area contributed by atoms with Crippen LogP contribution in [0.2, 0.25) is 0 Å². The van der Waals surface area contributed by atoms with Gasteiger partial charge in [-0.1, -0.05) is 6.42 Å². The summed E-state index contributed by atoms with van der Waals surface area (Å²) in [6, 6.07) is 1.16. The van der Waals surface area contributed by atoms with Crippen LogP contribution in [0.3, 0.4) is 0 Å². The summed E-state index contributed by atoms with van der Waals surface area (Å²) < 4.78 is 0. The predicted molar refractivity (Wildman–Crippen MR) is 67.7 cm³/mol. The molecule has 0 aliphatic carbocycles. The maximum atomic E-state index is 5.87. The zero-order chi connectivity index (χ0) is 11.7. The smallest absolute Gasteiger partial charge is 0.152 e. The summed E-state index contributed by atoms with van der Waals surface area (Å²) in [5.74, 6) is 0.789. The van der Waals surface area contributed by atoms with Gasteiger partial charge in [-0.2, -0.15) is 0 Å². The first kappa shape index (κ1) is 10.8. The van der Waals surface area contributed by atoms with Crippen molar-refractivity contribution < 1.29 is 0 Å². The fraction of sp³-hybridized carbons (Fsp3) is 0.667. The first-order valence-electron chi connectivity index (χ1n) is 6.40. The summed E-state index contributed by atoms with van der Waals surface area (Å²) in [5.41, 5.74) is 6.51. The Kier molecular flexibility index (Phi) is 2.84. The predicted octanol–water partition coefficient (Wildman–Crippen LogP) is 1.10. The van der Waals surface area contributed by atoms with Crippen molar-refractivity contribution in [1.29, 1.82) is 0 Å². The van der Waals surface area contributed by atoms with Crippen molar-refractivity contribution >= 4 is 11.5 Å². The van der Waals surface area contributed by atoms with Gasteiger partial charge in [-0.25, -0.2) is 9.97 Å². The van der Waals surface area contributed by atoms with E-state index in [0.29, 0.717) is 17.8 Å². The molecule has 3 rings (SSSR count). The van der Waals surface area contributed by atoms with E-state index in [2.05, 4.69) is 20.2 Å². The first-order valence-corrected chi connectivity index (χ1v) is 6.40. The van der Waals surface area contributed by atoms with E-state index in [-0.39, 0.29) is 0 Å². The molecule has 0 radical (unpaired) electrons. The number of aromatic nitrogens is 2. The molecule has 1 aromatic heterocycles. The van der Waals surface area contributed by atoms with Gasteiger partial charge in [0, 0.05) is 18.6 Å². The molecule has 2 atom stereocenters. The molecule has 0 saturated carbocycles. The van der Waals surface area contributed by atoms with Crippen molar-refractivity contribution in [2.45, 2.75) is 37.8 Å². The highest BCUT2D eigenvalue weighted by Crippen LogP contribution is 2.29. The van der Waals surface area contributed by atoms with Crippen LogP contribution in [0.25, 0.3) is 0 Å². The number of fused-ring (bicyclic) bond motifs is 1. The van der Waals surface area contributed by atoms with Crippen LogP contribution in [-0.4, -0.2) is 40.0 Å². The van der Waals surface area contributed by atoms with Crippen LogP contribution >= 0.6 is 0 Å². The maximum Gasteiger partial charge on any atom is 0.152 e. The minimum absolute atomic E-state index is 0.493. The van der Waals surface area contributed by atoms with Crippen molar-refractivity contribution in [3.05, 3.63) is 12.5 Å². The average molecular weight is 233 g/mol. The Hall–Kier alpha value is -1.36. The van der Waals surface area contributed by atoms with E-state index in [1.165, 1.54) is 38.8 Å². The second-order valence-electron chi connectivity index (χ2n) is 4.97. The molecule has 5 heteroatoms. The molecule has 2 saturated heterocycles. The molecule has 3 N–H and O–H groups in total. The van der Waals surface area contributed by atoms with Gasteiger partial charge in [0.1, 0.15) is 6.33 Å². The van der Waals surface area contributed by atoms with Gasteiger partial charge in [0.2, 0.25) is 0 Å². The molecule has 2 unspecified atom stereocenters. The Morgan fingerprint density at radius 1 is 1.29 bits per heavy atom. The summed E-state index contributed by atoms with van der Waals surface area (Å²) >= 11 is 0. The summed E-state index contributed by atoms with van der Waals surface area (Å²) in [7, 11) is 0. The topological polar surface area (TPSA) is 67.1 Å². The molecule has 0 spiro atoms. The van der Waals surface area contributed by atoms with Crippen LogP contribution in [-0.2, 0) is 0 Å². The minimum atomic E-state index is 0.493. The van der Waals surface area contributed by atoms with Gasteiger partial charge in [-0.05, 0) is 25.8 Å². The molecule has 3 heterocycles. The van der Waals surface area contributed by atoms with E-state index in [0.717, 1.165) is 5.82 Å². The van der Waals surface area contributed by atoms with Crippen molar-refractivity contribution in [2.24, 2.45) is 0 Å². The maximum absolute atomic E-state index is 5.87. The average Bonchev–Trinajstić information content (AvgIpc) is 2.76. The van der Waals surface area contributed by atoms with Crippen LogP contribution in [0, 0.1) is 0 Å². The lowest BCUT2D eigenvalue weighted by Gasteiger charge is -2.32. The molecule has 1 aromatic rings. The molecule has 2 aliphatic heterocycles. The second-order valence-corrected chi connectivity index (χ2v) is 4.97. The van der Waals surface area contributed by atoms with Gasteiger partial charge >= 0.3 is 0 Å².